The van der Waals surface area contributed by atoms with Gasteiger partial charge in [-0.25, -0.2) is 22.5 Å². The Hall–Kier alpha value is -1.42. The molecule has 0 saturated carbocycles. The SMILES string of the molecule is O=c1c2cc(F)c(F)cc2ccn1[C@@H]1O[C@H](COP(=O)(O)OP(=O)(O)OP(=O)(O)O)[C@@H](O)[C@H]1O. The molecule has 0 amide bonds. The normalized spacial score (nSPS) is 26.9. The number of fused-ring (bicyclic) bond motifs is 1. The van der Waals surface area contributed by atoms with Crippen molar-refractivity contribution in [1.82, 2.24) is 4.57 Å². The molecule has 1 fully saturated rings. The van der Waals surface area contributed by atoms with Gasteiger partial charge in [0.1, 0.15) is 18.3 Å². The Labute approximate surface area is 187 Å². The van der Waals surface area contributed by atoms with Crippen LogP contribution in [0.25, 0.3) is 10.8 Å². The van der Waals surface area contributed by atoms with E-state index in [1.54, 1.807) is 0 Å². The van der Waals surface area contributed by atoms with Gasteiger partial charge < -0.3 is 34.5 Å². The summed E-state index contributed by atoms with van der Waals surface area (Å²) in [5.41, 5.74) is -0.943. The van der Waals surface area contributed by atoms with Gasteiger partial charge in [-0.15, -0.1) is 0 Å². The lowest BCUT2D eigenvalue weighted by molar-refractivity contribution is -0.0533. The molecule has 0 spiro atoms. The summed E-state index contributed by atoms with van der Waals surface area (Å²) in [6, 6.07) is 2.58. The van der Waals surface area contributed by atoms with E-state index in [0.29, 0.717) is 6.07 Å². The first kappa shape index (κ1) is 27.2. The maximum absolute atomic E-state index is 13.5. The highest BCUT2D eigenvalue weighted by molar-refractivity contribution is 7.66. The number of nitrogens with zero attached hydrogens (tertiary/aromatic N) is 1. The average molecular weight is 553 g/mol. The van der Waals surface area contributed by atoms with Gasteiger partial charge in [0.2, 0.25) is 0 Å². The highest BCUT2D eigenvalue weighted by Gasteiger charge is 2.46. The molecule has 1 aromatic carbocycles. The second-order valence-corrected chi connectivity index (χ2v) is 11.2. The van der Waals surface area contributed by atoms with Crippen LogP contribution in [0.1, 0.15) is 6.23 Å². The van der Waals surface area contributed by atoms with Crippen LogP contribution >= 0.6 is 23.5 Å². The minimum absolute atomic E-state index is 0.0254. The minimum atomic E-state index is -5.78. The molecule has 0 aliphatic carbocycles. The maximum Gasteiger partial charge on any atom is 0.490 e. The van der Waals surface area contributed by atoms with E-state index >= 15 is 0 Å². The van der Waals surface area contributed by atoms with Gasteiger partial charge in [-0.3, -0.25) is 13.9 Å². The molecule has 20 heteroatoms. The number of pyridine rings is 1. The summed E-state index contributed by atoms with van der Waals surface area (Å²) in [4.78, 5) is 48.2. The molecule has 0 bridgehead atoms. The van der Waals surface area contributed by atoms with E-state index in [0.717, 1.165) is 16.8 Å². The second-order valence-electron chi connectivity index (χ2n) is 6.81. The average Bonchev–Trinajstić information content (AvgIpc) is 2.94. The van der Waals surface area contributed by atoms with E-state index in [2.05, 4.69) is 13.1 Å². The topological polar surface area (TPSA) is 232 Å². The van der Waals surface area contributed by atoms with Crippen molar-refractivity contribution in [3.8, 4) is 0 Å². The summed E-state index contributed by atoms with van der Waals surface area (Å²) < 4.78 is 78.1. The van der Waals surface area contributed by atoms with Crippen LogP contribution in [0.3, 0.4) is 0 Å². The van der Waals surface area contributed by atoms with Crippen LogP contribution in [0.15, 0.2) is 29.2 Å². The van der Waals surface area contributed by atoms with Gasteiger partial charge in [0.25, 0.3) is 5.56 Å². The van der Waals surface area contributed by atoms with Crippen LogP contribution < -0.4 is 5.56 Å². The second kappa shape index (κ2) is 9.56. The van der Waals surface area contributed by atoms with E-state index in [-0.39, 0.29) is 10.8 Å². The lowest BCUT2D eigenvalue weighted by Gasteiger charge is -2.19. The third-order valence-electron chi connectivity index (χ3n) is 4.40. The van der Waals surface area contributed by atoms with Crippen molar-refractivity contribution < 1.29 is 70.1 Å². The maximum atomic E-state index is 13.5. The van der Waals surface area contributed by atoms with Gasteiger partial charge >= 0.3 is 23.5 Å². The monoisotopic (exact) mass is 553 g/mol. The van der Waals surface area contributed by atoms with Gasteiger partial charge in [0, 0.05) is 6.20 Å². The molecule has 1 aliphatic rings. The first-order valence-electron chi connectivity index (χ1n) is 8.79. The quantitative estimate of drug-likeness (QED) is 0.241. The van der Waals surface area contributed by atoms with Crippen LogP contribution in [-0.2, 0) is 31.6 Å². The number of ether oxygens (including phenoxy) is 1. The first-order valence-corrected chi connectivity index (χ1v) is 13.3. The zero-order valence-corrected chi connectivity index (χ0v) is 19.0. The van der Waals surface area contributed by atoms with Gasteiger partial charge in [0.05, 0.1) is 12.0 Å². The standard InChI is InChI=1S/C14H16F2NO14P3/c15-8-3-6-1-2-17(13(20)7(6)4-9(8)16)14-12(19)11(18)10(29-14)5-28-33(24,25)31-34(26,27)30-32(21,22)23/h1-4,10-12,14,18-19H,5H2,(H,24,25)(H,26,27)(H2,21,22,23)/t10-,11-,12-,14-/m1/s1. The Kier molecular flexibility index (Phi) is 7.64. The predicted octanol–water partition coefficient (Wildman–Crippen LogP) is 0.242. The molecule has 190 valence electrons. The highest BCUT2D eigenvalue weighted by Crippen LogP contribution is 2.66. The van der Waals surface area contributed by atoms with E-state index in [1.807, 2.05) is 0 Å². The van der Waals surface area contributed by atoms with Crippen LogP contribution in [0.5, 0.6) is 0 Å². The number of hydrogen-bond acceptors (Lipinski definition) is 10. The lowest BCUT2D eigenvalue weighted by atomic mass is 10.1. The van der Waals surface area contributed by atoms with Crippen molar-refractivity contribution >= 4 is 34.2 Å². The van der Waals surface area contributed by atoms with Gasteiger partial charge in [-0.05, 0) is 23.6 Å². The summed E-state index contributed by atoms with van der Waals surface area (Å²) >= 11 is 0. The van der Waals surface area contributed by atoms with Gasteiger partial charge in [0.15, 0.2) is 17.9 Å². The van der Waals surface area contributed by atoms with E-state index in [9.17, 15) is 42.4 Å². The number of aromatic nitrogens is 1. The fourth-order valence-electron chi connectivity index (χ4n) is 3.02. The third-order valence-corrected chi connectivity index (χ3v) is 8.20. The predicted molar refractivity (Wildman–Crippen MR) is 104 cm³/mol. The molecular weight excluding hydrogens is 537 g/mol. The van der Waals surface area contributed by atoms with Crippen molar-refractivity contribution in [2.24, 2.45) is 0 Å². The molecule has 15 nitrogen and oxygen atoms in total. The largest absolute Gasteiger partial charge is 0.490 e. The number of hydrogen-bond donors (Lipinski definition) is 6. The molecule has 1 aliphatic heterocycles. The van der Waals surface area contributed by atoms with Crippen LogP contribution in [0.4, 0.5) is 8.78 Å². The third kappa shape index (κ3) is 6.22. The Bertz CT molecular complexity index is 1300. The molecule has 0 radical (unpaired) electrons. The summed E-state index contributed by atoms with van der Waals surface area (Å²) in [5, 5.41) is 20.1. The molecule has 6 atom stereocenters. The van der Waals surface area contributed by atoms with Crippen LogP contribution in [0.2, 0.25) is 0 Å². The van der Waals surface area contributed by atoms with E-state index in [1.165, 1.54) is 6.07 Å². The van der Waals surface area contributed by atoms with E-state index in [4.69, 9.17) is 19.4 Å². The Morgan fingerprint density at radius 1 is 0.971 bits per heavy atom. The number of aliphatic hydroxyl groups is 2. The first-order chi connectivity index (χ1) is 15.5. The summed E-state index contributed by atoms with van der Waals surface area (Å²) in [6.45, 7) is -1.10. The fraction of sp³-hybridized carbons (Fsp3) is 0.357. The van der Waals surface area contributed by atoms with Crippen LogP contribution in [0, 0.1) is 11.6 Å². The van der Waals surface area contributed by atoms with Crippen molar-refractivity contribution in [3.63, 3.8) is 0 Å². The summed E-state index contributed by atoms with van der Waals surface area (Å²) in [5.74, 6) is -2.52. The molecule has 34 heavy (non-hydrogen) atoms. The molecule has 1 saturated heterocycles. The van der Waals surface area contributed by atoms with Crippen molar-refractivity contribution in [3.05, 3.63) is 46.4 Å². The summed E-state index contributed by atoms with van der Waals surface area (Å²) in [7, 11) is -16.9. The molecule has 1 aromatic heterocycles. The molecule has 2 heterocycles. The van der Waals surface area contributed by atoms with Crippen molar-refractivity contribution in [1.29, 1.82) is 0 Å². The van der Waals surface area contributed by atoms with Crippen LogP contribution in [-0.4, -0.2) is 59.3 Å². The summed E-state index contributed by atoms with van der Waals surface area (Å²) in [6.07, 6.45) is -5.92. The lowest BCUT2D eigenvalue weighted by Crippen LogP contribution is -2.35. The fourth-order valence-corrected chi connectivity index (χ4v) is 6.05. The highest BCUT2D eigenvalue weighted by atomic mass is 31.3. The molecular formula is C14H16F2NO14P3. The van der Waals surface area contributed by atoms with E-state index < -0.39 is 71.8 Å². The van der Waals surface area contributed by atoms with Crippen molar-refractivity contribution in [2.45, 2.75) is 24.5 Å². The van der Waals surface area contributed by atoms with Gasteiger partial charge in [-0.1, -0.05) is 0 Å². The number of phosphoric ester groups is 1. The van der Waals surface area contributed by atoms with Crippen molar-refractivity contribution in [2.75, 3.05) is 6.61 Å². The Balaban J connectivity index is 1.75. The molecule has 2 aromatic rings. The molecule has 2 unspecified atom stereocenters. The number of phosphoric acid groups is 3. The zero-order valence-electron chi connectivity index (χ0n) is 16.3. The molecule has 6 N–H and O–H groups in total. The van der Waals surface area contributed by atoms with Gasteiger partial charge in [-0.2, -0.15) is 8.62 Å². The number of rotatable bonds is 8. The smallest absolute Gasteiger partial charge is 0.387 e. The Morgan fingerprint density at radius 2 is 1.59 bits per heavy atom. The number of aliphatic hydroxyl groups excluding tert-OH is 2. The number of halogens is 2. The molecule has 3 rings (SSSR count). The Morgan fingerprint density at radius 3 is 2.21 bits per heavy atom. The zero-order chi connectivity index (χ0) is 25.6. The number of benzene rings is 1. The minimum Gasteiger partial charge on any atom is -0.387 e.